The molecule has 0 aliphatic rings. The summed E-state index contributed by atoms with van der Waals surface area (Å²) in [6, 6.07) is 18.1. The van der Waals surface area contributed by atoms with E-state index in [9.17, 15) is 4.79 Å². The highest BCUT2D eigenvalue weighted by molar-refractivity contribution is 6.30. The molecule has 0 bridgehead atoms. The fraction of sp³-hybridized carbons (Fsp3) is 0.409. The Bertz CT molecular complexity index is 658. The molecule has 26 heavy (non-hydrogen) atoms. The summed E-state index contributed by atoms with van der Waals surface area (Å²) in [5.74, 6) is 0.825. The molecule has 0 spiro atoms. The number of nitrogens with zero attached hydrogens (tertiary/aromatic N) is 1. The maximum Gasteiger partial charge on any atom is 0.240 e. The predicted octanol–water partition coefficient (Wildman–Crippen LogP) is 4.72. The molecule has 0 saturated carbocycles. The Kier molecular flexibility index (Phi) is 8.49. The summed E-state index contributed by atoms with van der Waals surface area (Å²) in [4.78, 5) is 14.0. The van der Waals surface area contributed by atoms with Gasteiger partial charge in [0.1, 0.15) is 11.1 Å². The van der Waals surface area contributed by atoms with Gasteiger partial charge in [0, 0.05) is 20.0 Å². The topological polar surface area (TPSA) is 29.5 Å². The first-order valence-corrected chi connectivity index (χ1v) is 9.68. The molecule has 0 heterocycles. The van der Waals surface area contributed by atoms with Crippen LogP contribution >= 0.6 is 11.6 Å². The second-order valence-electron chi connectivity index (χ2n) is 6.51. The summed E-state index contributed by atoms with van der Waals surface area (Å²) in [5.41, 5.74) is 2.30. The van der Waals surface area contributed by atoms with Crippen LogP contribution in [0.2, 0.25) is 0 Å². The molecule has 0 aliphatic carbocycles. The van der Waals surface area contributed by atoms with Crippen molar-refractivity contribution in [2.75, 3.05) is 20.2 Å². The number of hydrogen-bond donors (Lipinski definition) is 0. The number of amides is 1. The molecule has 2 rings (SSSR count). The highest BCUT2D eigenvalue weighted by atomic mass is 35.5. The van der Waals surface area contributed by atoms with Gasteiger partial charge in [0.05, 0.1) is 6.61 Å². The van der Waals surface area contributed by atoms with Gasteiger partial charge in [-0.1, -0.05) is 55.8 Å². The molecule has 140 valence electrons. The highest BCUT2D eigenvalue weighted by Gasteiger charge is 2.19. The Hall–Kier alpha value is -2.00. The van der Waals surface area contributed by atoms with Crippen molar-refractivity contribution in [2.24, 2.45) is 0 Å². The third-order valence-corrected chi connectivity index (χ3v) is 4.67. The first kappa shape index (κ1) is 20.3. The van der Waals surface area contributed by atoms with Crippen molar-refractivity contribution in [1.82, 2.24) is 4.90 Å². The largest absolute Gasteiger partial charge is 0.493 e. The molecule has 0 N–H and O–H groups in total. The maximum absolute atomic E-state index is 12.3. The van der Waals surface area contributed by atoms with E-state index in [0.29, 0.717) is 13.0 Å². The average molecular weight is 374 g/mol. The molecule has 0 aromatic heterocycles. The van der Waals surface area contributed by atoms with E-state index >= 15 is 0 Å². The first-order valence-electron chi connectivity index (χ1n) is 9.25. The number of rotatable bonds is 10. The zero-order valence-corrected chi connectivity index (χ0v) is 16.4. The minimum absolute atomic E-state index is 0.0108. The van der Waals surface area contributed by atoms with Crippen LogP contribution in [-0.2, 0) is 17.6 Å². The normalized spacial score (nSPS) is 11.8. The van der Waals surface area contributed by atoms with Gasteiger partial charge in [0.15, 0.2) is 0 Å². The number of ether oxygens (including phenoxy) is 1. The Labute approximate surface area is 161 Å². The van der Waals surface area contributed by atoms with Gasteiger partial charge >= 0.3 is 0 Å². The lowest BCUT2D eigenvalue weighted by Crippen LogP contribution is -2.35. The Morgan fingerprint density at radius 2 is 1.77 bits per heavy atom. The molecule has 4 heteroatoms. The van der Waals surface area contributed by atoms with E-state index in [1.165, 1.54) is 5.56 Å². The molecule has 0 radical (unpaired) electrons. The summed E-state index contributed by atoms with van der Waals surface area (Å²) in [5, 5.41) is -0.526. The summed E-state index contributed by atoms with van der Waals surface area (Å²) in [6.07, 6.45) is 3.48. The van der Waals surface area contributed by atoms with Gasteiger partial charge in [-0.15, -0.1) is 11.6 Å². The number of carbonyl (C=O) groups is 1. The lowest BCUT2D eigenvalue weighted by molar-refractivity contribution is -0.129. The van der Waals surface area contributed by atoms with Crippen LogP contribution < -0.4 is 4.74 Å². The third kappa shape index (κ3) is 6.72. The molecule has 0 saturated heterocycles. The summed E-state index contributed by atoms with van der Waals surface area (Å²) >= 11 is 6.31. The Balaban J connectivity index is 1.78. The van der Waals surface area contributed by atoms with Crippen molar-refractivity contribution in [3.05, 3.63) is 65.7 Å². The van der Waals surface area contributed by atoms with Gasteiger partial charge in [0.2, 0.25) is 5.91 Å². The predicted molar refractivity (Wildman–Crippen MR) is 108 cm³/mol. The smallest absolute Gasteiger partial charge is 0.240 e. The molecule has 2 aromatic carbocycles. The summed E-state index contributed by atoms with van der Waals surface area (Å²) in [6.45, 7) is 3.51. The van der Waals surface area contributed by atoms with Crippen LogP contribution in [0.3, 0.4) is 0 Å². The van der Waals surface area contributed by atoms with Gasteiger partial charge in [0.25, 0.3) is 0 Å². The monoisotopic (exact) mass is 373 g/mol. The maximum atomic E-state index is 12.3. The van der Waals surface area contributed by atoms with E-state index in [1.807, 2.05) is 49.5 Å². The Morgan fingerprint density at radius 3 is 2.42 bits per heavy atom. The molecular weight excluding hydrogens is 346 g/mol. The van der Waals surface area contributed by atoms with Crippen molar-refractivity contribution in [3.8, 4) is 5.75 Å². The van der Waals surface area contributed by atoms with Gasteiger partial charge in [-0.3, -0.25) is 4.79 Å². The van der Waals surface area contributed by atoms with Crippen LogP contribution in [0.4, 0.5) is 0 Å². The van der Waals surface area contributed by atoms with E-state index in [2.05, 4.69) is 19.1 Å². The number of halogens is 1. The van der Waals surface area contributed by atoms with Crippen LogP contribution in [0.15, 0.2) is 54.6 Å². The number of hydrogen-bond acceptors (Lipinski definition) is 2. The lowest BCUT2D eigenvalue weighted by Gasteiger charge is -2.20. The fourth-order valence-electron chi connectivity index (χ4n) is 2.69. The standard InChI is InChI=1S/C22H28ClNO2/c1-3-4-15-24(2)22(25)21(23)17-19-10-12-20(13-11-19)26-16-14-18-8-6-5-7-9-18/h5-13,21H,3-4,14-17H2,1-2H3. The summed E-state index contributed by atoms with van der Waals surface area (Å²) in [7, 11) is 1.82. The van der Waals surface area contributed by atoms with Crippen molar-refractivity contribution in [1.29, 1.82) is 0 Å². The highest BCUT2D eigenvalue weighted by Crippen LogP contribution is 2.16. The fourth-order valence-corrected chi connectivity index (χ4v) is 3.04. The van der Waals surface area contributed by atoms with E-state index in [4.69, 9.17) is 16.3 Å². The van der Waals surface area contributed by atoms with Crippen molar-refractivity contribution >= 4 is 17.5 Å². The van der Waals surface area contributed by atoms with Gasteiger partial charge in [-0.2, -0.15) is 0 Å². The summed E-state index contributed by atoms with van der Waals surface area (Å²) < 4.78 is 5.79. The van der Waals surface area contributed by atoms with Crippen LogP contribution in [0.1, 0.15) is 30.9 Å². The zero-order chi connectivity index (χ0) is 18.8. The Morgan fingerprint density at radius 1 is 1.08 bits per heavy atom. The molecule has 0 fully saturated rings. The molecular formula is C22H28ClNO2. The van der Waals surface area contributed by atoms with Gasteiger partial charge in [-0.05, 0) is 36.1 Å². The van der Waals surface area contributed by atoms with Crippen LogP contribution in [0.5, 0.6) is 5.75 Å². The minimum Gasteiger partial charge on any atom is -0.493 e. The number of unbranched alkanes of at least 4 members (excludes halogenated alkanes) is 1. The number of benzene rings is 2. The molecule has 1 unspecified atom stereocenters. The van der Waals surface area contributed by atoms with Gasteiger partial charge in [-0.25, -0.2) is 0 Å². The van der Waals surface area contributed by atoms with E-state index in [-0.39, 0.29) is 5.91 Å². The second kappa shape index (κ2) is 10.9. The van der Waals surface area contributed by atoms with E-state index in [0.717, 1.165) is 37.1 Å². The number of alkyl halides is 1. The third-order valence-electron chi connectivity index (χ3n) is 4.33. The van der Waals surface area contributed by atoms with Gasteiger partial charge < -0.3 is 9.64 Å². The first-order chi connectivity index (χ1) is 12.6. The van der Waals surface area contributed by atoms with E-state index in [1.54, 1.807) is 4.90 Å². The quantitative estimate of drug-likeness (QED) is 0.564. The molecule has 1 amide bonds. The van der Waals surface area contributed by atoms with Crippen molar-refractivity contribution in [3.63, 3.8) is 0 Å². The number of carbonyl (C=O) groups excluding carboxylic acids is 1. The zero-order valence-electron chi connectivity index (χ0n) is 15.7. The average Bonchev–Trinajstić information content (AvgIpc) is 2.67. The minimum atomic E-state index is -0.526. The lowest BCUT2D eigenvalue weighted by atomic mass is 10.1. The molecule has 3 nitrogen and oxygen atoms in total. The van der Waals surface area contributed by atoms with E-state index < -0.39 is 5.38 Å². The second-order valence-corrected chi connectivity index (χ2v) is 7.04. The molecule has 1 atom stereocenters. The molecule has 0 aliphatic heterocycles. The van der Waals surface area contributed by atoms with Crippen LogP contribution in [-0.4, -0.2) is 36.4 Å². The molecule has 2 aromatic rings. The van der Waals surface area contributed by atoms with Crippen LogP contribution in [0, 0.1) is 0 Å². The SMILES string of the molecule is CCCCN(C)C(=O)C(Cl)Cc1ccc(OCCc2ccccc2)cc1. The van der Waals surface area contributed by atoms with Crippen molar-refractivity contribution < 1.29 is 9.53 Å². The van der Waals surface area contributed by atoms with Crippen molar-refractivity contribution in [2.45, 2.75) is 38.0 Å². The van der Waals surface area contributed by atoms with Crippen LogP contribution in [0.25, 0.3) is 0 Å².